The minimum atomic E-state index is -1.76. The summed E-state index contributed by atoms with van der Waals surface area (Å²) < 4.78 is 38.6. The van der Waals surface area contributed by atoms with Crippen LogP contribution in [0.2, 0.25) is 5.02 Å². The zero-order valence-electron chi connectivity index (χ0n) is 10.1. The molecule has 102 valence electrons. The number of nitriles is 1. The molecular weight excluding hydrogens is 304 g/mol. The van der Waals surface area contributed by atoms with Crippen LogP contribution in [0.25, 0.3) is 0 Å². The molecule has 2 nitrogen and oxygen atoms in total. The molecule has 2 rings (SSSR count). The lowest BCUT2D eigenvalue weighted by Crippen LogP contribution is -2.01. The Balaban J connectivity index is 2.28. The van der Waals surface area contributed by atoms with Gasteiger partial charge in [-0.05, 0) is 35.9 Å². The number of halogens is 3. The van der Waals surface area contributed by atoms with E-state index in [9.17, 15) is 13.0 Å². The van der Waals surface area contributed by atoms with Gasteiger partial charge in [0.15, 0.2) is 0 Å². The van der Waals surface area contributed by atoms with Crippen molar-refractivity contribution >= 4 is 22.4 Å². The van der Waals surface area contributed by atoms with E-state index in [1.165, 1.54) is 12.1 Å². The van der Waals surface area contributed by atoms with Gasteiger partial charge in [0.2, 0.25) is 0 Å². The lowest BCUT2D eigenvalue weighted by atomic mass is 10.2. The molecule has 0 aliphatic heterocycles. The molecule has 2 aromatic rings. The van der Waals surface area contributed by atoms with Crippen LogP contribution in [0.15, 0.2) is 41.3 Å². The van der Waals surface area contributed by atoms with E-state index in [0.717, 1.165) is 18.2 Å². The number of nitrogens with zero attached hydrogens (tertiary/aromatic N) is 1. The first kappa shape index (κ1) is 14.6. The molecule has 0 radical (unpaired) electrons. The Kier molecular flexibility index (Phi) is 4.48. The topological polar surface area (TPSA) is 40.9 Å². The molecule has 1 atom stereocenters. The van der Waals surface area contributed by atoms with Gasteiger partial charge in [-0.3, -0.25) is 4.21 Å². The SMILES string of the molecule is N#Cc1ccc(CS(=O)c2cc(F)ccc2F)c(Cl)c1. The van der Waals surface area contributed by atoms with Crippen LogP contribution in [0.1, 0.15) is 11.1 Å². The van der Waals surface area contributed by atoms with Gasteiger partial charge in [-0.2, -0.15) is 5.26 Å². The van der Waals surface area contributed by atoms with E-state index in [1.807, 2.05) is 6.07 Å². The fourth-order valence-corrected chi connectivity index (χ4v) is 3.15. The van der Waals surface area contributed by atoms with E-state index in [0.29, 0.717) is 11.1 Å². The highest BCUT2D eigenvalue weighted by Crippen LogP contribution is 2.23. The summed E-state index contributed by atoms with van der Waals surface area (Å²) in [6, 6.07) is 9.25. The quantitative estimate of drug-likeness (QED) is 0.865. The Bertz CT molecular complexity index is 728. The predicted molar refractivity (Wildman–Crippen MR) is 72.6 cm³/mol. The van der Waals surface area contributed by atoms with Crippen LogP contribution in [0.4, 0.5) is 8.78 Å². The molecule has 0 fully saturated rings. The maximum absolute atomic E-state index is 13.5. The number of rotatable bonds is 3. The summed E-state index contributed by atoms with van der Waals surface area (Å²) in [5, 5.41) is 8.99. The summed E-state index contributed by atoms with van der Waals surface area (Å²) in [6.07, 6.45) is 0. The maximum atomic E-state index is 13.5. The summed E-state index contributed by atoms with van der Waals surface area (Å²) in [6.45, 7) is 0. The molecule has 0 saturated heterocycles. The van der Waals surface area contributed by atoms with Crippen molar-refractivity contribution in [1.82, 2.24) is 0 Å². The van der Waals surface area contributed by atoms with Gasteiger partial charge in [0.1, 0.15) is 11.6 Å². The predicted octanol–water partition coefficient (Wildman–Crippen LogP) is 3.80. The molecule has 0 aromatic heterocycles. The smallest absolute Gasteiger partial charge is 0.139 e. The Labute approximate surface area is 122 Å². The van der Waals surface area contributed by atoms with Crippen molar-refractivity contribution in [3.05, 3.63) is 64.2 Å². The maximum Gasteiger partial charge on any atom is 0.139 e. The molecule has 0 saturated carbocycles. The van der Waals surface area contributed by atoms with Gasteiger partial charge >= 0.3 is 0 Å². The molecule has 0 spiro atoms. The highest BCUT2D eigenvalue weighted by Gasteiger charge is 2.14. The average Bonchev–Trinajstić information content (AvgIpc) is 2.43. The van der Waals surface area contributed by atoms with Gasteiger partial charge in [0.05, 0.1) is 33.1 Å². The second kappa shape index (κ2) is 6.12. The largest absolute Gasteiger partial charge is 0.254 e. The second-order valence-corrected chi connectivity index (χ2v) is 5.81. The van der Waals surface area contributed by atoms with E-state index >= 15 is 0 Å². The summed E-state index contributed by atoms with van der Waals surface area (Å²) in [5.41, 5.74) is 0.883. The van der Waals surface area contributed by atoms with Crippen LogP contribution in [0, 0.1) is 23.0 Å². The molecule has 0 aliphatic carbocycles. The molecular formula is C14H8ClF2NOS. The molecule has 0 N–H and O–H groups in total. The van der Waals surface area contributed by atoms with Crippen molar-refractivity contribution in [2.75, 3.05) is 0 Å². The molecule has 2 aromatic carbocycles. The van der Waals surface area contributed by atoms with Crippen LogP contribution < -0.4 is 0 Å². The van der Waals surface area contributed by atoms with Gasteiger partial charge in [0, 0.05) is 5.02 Å². The lowest BCUT2D eigenvalue weighted by molar-refractivity contribution is 0.572. The Morgan fingerprint density at radius 1 is 1.20 bits per heavy atom. The van der Waals surface area contributed by atoms with Gasteiger partial charge in [0.25, 0.3) is 0 Å². The zero-order chi connectivity index (χ0) is 14.7. The monoisotopic (exact) mass is 311 g/mol. The Hall–Kier alpha value is -1.77. The van der Waals surface area contributed by atoms with Crippen LogP contribution in [-0.4, -0.2) is 4.21 Å². The summed E-state index contributed by atoms with van der Waals surface area (Å²) in [7, 11) is -1.76. The van der Waals surface area contributed by atoms with Crippen LogP contribution >= 0.6 is 11.6 Å². The van der Waals surface area contributed by atoms with E-state index in [-0.39, 0.29) is 15.7 Å². The molecule has 6 heteroatoms. The van der Waals surface area contributed by atoms with Crippen LogP contribution in [0.3, 0.4) is 0 Å². The highest BCUT2D eigenvalue weighted by molar-refractivity contribution is 7.84. The third-order valence-corrected chi connectivity index (χ3v) is 4.34. The minimum Gasteiger partial charge on any atom is -0.254 e. The fraction of sp³-hybridized carbons (Fsp3) is 0.0714. The van der Waals surface area contributed by atoms with Crippen molar-refractivity contribution in [3.63, 3.8) is 0 Å². The van der Waals surface area contributed by atoms with Gasteiger partial charge in [-0.25, -0.2) is 8.78 Å². The lowest BCUT2D eigenvalue weighted by Gasteiger charge is -2.06. The van der Waals surface area contributed by atoms with E-state index in [2.05, 4.69) is 0 Å². The standard InChI is InChI=1S/C14H8ClF2NOS/c15-12-5-9(7-18)1-2-10(12)8-20(19)14-6-11(16)3-4-13(14)17/h1-6H,8H2. The first-order chi connectivity index (χ1) is 9.51. The highest BCUT2D eigenvalue weighted by atomic mass is 35.5. The number of hydrogen-bond donors (Lipinski definition) is 0. The Morgan fingerprint density at radius 2 is 1.95 bits per heavy atom. The molecule has 0 heterocycles. The van der Waals surface area contributed by atoms with E-state index < -0.39 is 22.4 Å². The van der Waals surface area contributed by atoms with E-state index in [4.69, 9.17) is 16.9 Å². The molecule has 0 aliphatic rings. The van der Waals surface area contributed by atoms with Crippen molar-refractivity contribution in [2.45, 2.75) is 10.6 Å². The summed E-state index contributed by atoms with van der Waals surface area (Å²) in [4.78, 5) is -0.203. The van der Waals surface area contributed by atoms with Gasteiger partial charge in [-0.15, -0.1) is 0 Å². The summed E-state index contributed by atoms with van der Waals surface area (Å²) in [5.74, 6) is -1.43. The molecule has 1 unspecified atom stereocenters. The molecule has 20 heavy (non-hydrogen) atoms. The normalized spacial score (nSPS) is 11.9. The second-order valence-electron chi connectivity index (χ2n) is 3.98. The summed E-state index contributed by atoms with van der Waals surface area (Å²) >= 11 is 5.96. The zero-order valence-corrected chi connectivity index (χ0v) is 11.6. The number of benzene rings is 2. The minimum absolute atomic E-state index is 0.0507. The van der Waals surface area contributed by atoms with Crippen LogP contribution in [-0.2, 0) is 16.6 Å². The Morgan fingerprint density at radius 3 is 2.60 bits per heavy atom. The third-order valence-electron chi connectivity index (χ3n) is 2.61. The van der Waals surface area contributed by atoms with Crippen LogP contribution in [0.5, 0.6) is 0 Å². The molecule has 0 amide bonds. The first-order valence-electron chi connectivity index (χ1n) is 5.53. The number of hydrogen-bond acceptors (Lipinski definition) is 2. The molecule has 0 bridgehead atoms. The van der Waals surface area contributed by atoms with Gasteiger partial charge in [-0.1, -0.05) is 17.7 Å². The first-order valence-corrected chi connectivity index (χ1v) is 7.23. The van der Waals surface area contributed by atoms with Crippen molar-refractivity contribution in [2.24, 2.45) is 0 Å². The fourth-order valence-electron chi connectivity index (χ4n) is 1.60. The third kappa shape index (κ3) is 3.21. The van der Waals surface area contributed by atoms with E-state index in [1.54, 1.807) is 6.07 Å². The average molecular weight is 312 g/mol. The van der Waals surface area contributed by atoms with Crippen molar-refractivity contribution < 1.29 is 13.0 Å². The van der Waals surface area contributed by atoms with Crippen molar-refractivity contribution in [1.29, 1.82) is 5.26 Å². The van der Waals surface area contributed by atoms with Crippen molar-refractivity contribution in [3.8, 4) is 6.07 Å². The van der Waals surface area contributed by atoms with Gasteiger partial charge < -0.3 is 0 Å².